The Bertz CT molecular complexity index is 495. The second-order valence-electron chi connectivity index (χ2n) is 3.41. The first-order chi connectivity index (χ1) is 7.16. The van der Waals surface area contributed by atoms with E-state index in [9.17, 15) is 0 Å². The van der Waals surface area contributed by atoms with E-state index < -0.39 is 0 Å². The molecule has 1 heterocycles. The van der Waals surface area contributed by atoms with E-state index in [4.69, 9.17) is 17.3 Å². The van der Waals surface area contributed by atoms with Gasteiger partial charge in [0.2, 0.25) is 0 Å². The summed E-state index contributed by atoms with van der Waals surface area (Å²) in [5, 5.41) is 0.714. The molecular formula is C12H11ClN2. The summed E-state index contributed by atoms with van der Waals surface area (Å²) >= 11 is 5.91. The Morgan fingerprint density at radius 3 is 2.67 bits per heavy atom. The summed E-state index contributed by atoms with van der Waals surface area (Å²) < 4.78 is 0. The van der Waals surface area contributed by atoms with Gasteiger partial charge in [0.1, 0.15) is 0 Å². The van der Waals surface area contributed by atoms with Crippen LogP contribution in [0.4, 0.5) is 5.69 Å². The van der Waals surface area contributed by atoms with Gasteiger partial charge in [0.15, 0.2) is 0 Å². The lowest BCUT2D eigenvalue weighted by molar-refractivity contribution is 1.21. The van der Waals surface area contributed by atoms with Gasteiger partial charge < -0.3 is 5.73 Å². The molecule has 0 unspecified atom stereocenters. The van der Waals surface area contributed by atoms with E-state index in [2.05, 4.69) is 4.98 Å². The fourth-order valence-electron chi connectivity index (χ4n) is 1.38. The minimum Gasteiger partial charge on any atom is -0.397 e. The van der Waals surface area contributed by atoms with Gasteiger partial charge >= 0.3 is 0 Å². The van der Waals surface area contributed by atoms with Crippen molar-refractivity contribution in [3.63, 3.8) is 0 Å². The molecule has 0 aliphatic rings. The van der Waals surface area contributed by atoms with Crippen LogP contribution in [0.2, 0.25) is 5.02 Å². The molecule has 0 bridgehead atoms. The number of nitrogens with zero attached hydrogens (tertiary/aromatic N) is 1. The largest absolute Gasteiger partial charge is 0.397 e. The van der Waals surface area contributed by atoms with Crippen LogP contribution in [0.3, 0.4) is 0 Å². The molecule has 0 fully saturated rings. The zero-order valence-electron chi connectivity index (χ0n) is 8.37. The standard InChI is InChI=1S/C12H11ClN2/c1-8-12(14)6-10(7-15-8)9-3-2-4-11(13)5-9/h2-7H,14H2,1H3. The van der Waals surface area contributed by atoms with Crippen molar-refractivity contribution in [3.05, 3.63) is 47.2 Å². The molecule has 0 aliphatic carbocycles. The highest BCUT2D eigenvalue weighted by atomic mass is 35.5. The number of rotatable bonds is 1. The quantitative estimate of drug-likeness (QED) is 0.798. The lowest BCUT2D eigenvalue weighted by Gasteiger charge is -2.04. The summed E-state index contributed by atoms with van der Waals surface area (Å²) in [7, 11) is 0. The van der Waals surface area contributed by atoms with E-state index in [0.29, 0.717) is 10.7 Å². The number of nitrogen functional groups attached to an aromatic ring is 1. The molecule has 15 heavy (non-hydrogen) atoms. The molecule has 2 nitrogen and oxygen atoms in total. The van der Waals surface area contributed by atoms with Gasteiger partial charge in [-0.15, -0.1) is 0 Å². The third-order valence-corrected chi connectivity index (χ3v) is 2.52. The molecule has 0 amide bonds. The number of benzene rings is 1. The number of hydrogen-bond donors (Lipinski definition) is 1. The van der Waals surface area contributed by atoms with Crippen molar-refractivity contribution in [2.45, 2.75) is 6.92 Å². The predicted molar refractivity (Wildman–Crippen MR) is 63.8 cm³/mol. The van der Waals surface area contributed by atoms with Gasteiger partial charge in [-0.1, -0.05) is 23.7 Å². The summed E-state index contributed by atoms with van der Waals surface area (Å²) in [4.78, 5) is 4.22. The monoisotopic (exact) mass is 218 g/mol. The number of hydrogen-bond acceptors (Lipinski definition) is 2. The summed E-state index contributed by atoms with van der Waals surface area (Å²) in [6.07, 6.45) is 1.80. The summed E-state index contributed by atoms with van der Waals surface area (Å²) in [6, 6.07) is 9.54. The molecule has 76 valence electrons. The Hall–Kier alpha value is -1.54. The summed E-state index contributed by atoms with van der Waals surface area (Å²) in [5.41, 5.74) is 9.37. The number of nitrogens with two attached hydrogens (primary N) is 1. The van der Waals surface area contributed by atoms with Gasteiger partial charge in [-0.05, 0) is 30.7 Å². The summed E-state index contributed by atoms with van der Waals surface area (Å²) in [5.74, 6) is 0. The highest BCUT2D eigenvalue weighted by molar-refractivity contribution is 6.30. The van der Waals surface area contributed by atoms with E-state index >= 15 is 0 Å². The normalized spacial score (nSPS) is 10.3. The number of anilines is 1. The van der Waals surface area contributed by atoms with Crippen molar-refractivity contribution in [1.82, 2.24) is 4.98 Å². The highest BCUT2D eigenvalue weighted by Crippen LogP contribution is 2.24. The zero-order valence-corrected chi connectivity index (χ0v) is 9.12. The molecule has 0 spiro atoms. The molecular weight excluding hydrogens is 208 g/mol. The molecule has 0 radical (unpaired) electrons. The number of aromatic nitrogens is 1. The van der Waals surface area contributed by atoms with Gasteiger partial charge in [-0.2, -0.15) is 0 Å². The van der Waals surface area contributed by atoms with Crippen LogP contribution in [0, 0.1) is 6.92 Å². The first-order valence-electron chi connectivity index (χ1n) is 4.65. The second kappa shape index (κ2) is 3.91. The van der Waals surface area contributed by atoms with E-state index in [0.717, 1.165) is 16.8 Å². The Balaban J connectivity index is 2.50. The topological polar surface area (TPSA) is 38.9 Å². The maximum Gasteiger partial charge on any atom is 0.0602 e. The summed E-state index contributed by atoms with van der Waals surface area (Å²) in [6.45, 7) is 1.89. The van der Waals surface area contributed by atoms with Gasteiger partial charge in [0.05, 0.1) is 11.4 Å². The van der Waals surface area contributed by atoms with E-state index in [1.807, 2.05) is 37.3 Å². The van der Waals surface area contributed by atoms with Crippen LogP contribution in [0.15, 0.2) is 36.5 Å². The maximum atomic E-state index is 5.91. The zero-order chi connectivity index (χ0) is 10.8. The minimum atomic E-state index is 0.701. The molecule has 2 N–H and O–H groups in total. The maximum absolute atomic E-state index is 5.91. The van der Waals surface area contributed by atoms with E-state index in [-0.39, 0.29) is 0 Å². The SMILES string of the molecule is Cc1ncc(-c2cccc(Cl)c2)cc1N. The molecule has 0 aliphatic heterocycles. The van der Waals surface area contributed by atoms with Crippen molar-refractivity contribution in [3.8, 4) is 11.1 Å². The second-order valence-corrected chi connectivity index (χ2v) is 3.85. The van der Waals surface area contributed by atoms with E-state index in [1.165, 1.54) is 0 Å². The Kier molecular flexibility index (Phi) is 2.60. The van der Waals surface area contributed by atoms with Crippen molar-refractivity contribution in [1.29, 1.82) is 0 Å². The fraction of sp³-hybridized carbons (Fsp3) is 0.0833. The molecule has 2 aromatic rings. The van der Waals surface area contributed by atoms with Gasteiger partial charge in [-0.3, -0.25) is 4.98 Å². The number of halogens is 1. The molecule has 2 rings (SSSR count). The molecule has 1 aromatic carbocycles. The number of aryl methyl sites for hydroxylation is 1. The Labute approximate surface area is 93.7 Å². The number of pyridine rings is 1. The Morgan fingerprint density at radius 2 is 2.00 bits per heavy atom. The Morgan fingerprint density at radius 1 is 1.20 bits per heavy atom. The van der Waals surface area contributed by atoms with Crippen molar-refractivity contribution >= 4 is 17.3 Å². The van der Waals surface area contributed by atoms with Gasteiger partial charge in [0.25, 0.3) is 0 Å². The lowest BCUT2D eigenvalue weighted by Crippen LogP contribution is -1.93. The minimum absolute atomic E-state index is 0.701. The van der Waals surface area contributed by atoms with Crippen molar-refractivity contribution < 1.29 is 0 Å². The smallest absolute Gasteiger partial charge is 0.0602 e. The van der Waals surface area contributed by atoms with Crippen LogP contribution in [0.5, 0.6) is 0 Å². The lowest BCUT2D eigenvalue weighted by atomic mass is 10.1. The van der Waals surface area contributed by atoms with Crippen LogP contribution < -0.4 is 5.73 Å². The van der Waals surface area contributed by atoms with Gasteiger partial charge in [-0.25, -0.2) is 0 Å². The first kappa shape index (κ1) is 9.99. The first-order valence-corrected chi connectivity index (χ1v) is 5.02. The molecule has 0 saturated heterocycles. The van der Waals surface area contributed by atoms with Crippen LogP contribution >= 0.6 is 11.6 Å². The van der Waals surface area contributed by atoms with Crippen LogP contribution in [-0.2, 0) is 0 Å². The predicted octanol–water partition coefficient (Wildman–Crippen LogP) is 3.29. The third kappa shape index (κ3) is 2.10. The fourth-order valence-corrected chi connectivity index (χ4v) is 1.57. The molecule has 0 atom stereocenters. The van der Waals surface area contributed by atoms with Crippen LogP contribution in [-0.4, -0.2) is 4.98 Å². The van der Waals surface area contributed by atoms with E-state index in [1.54, 1.807) is 6.20 Å². The van der Waals surface area contributed by atoms with Crippen molar-refractivity contribution in [2.75, 3.05) is 5.73 Å². The van der Waals surface area contributed by atoms with Gasteiger partial charge in [0, 0.05) is 16.8 Å². The molecule has 0 saturated carbocycles. The van der Waals surface area contributed by atoms with Crippen molar-refractivity contribution in [2.24, 2.45) is 0 Å². The average molecular weight is 219 g/mol. The molecule has 1 aromatic heterocycles. The van der Waals surface area contributed by atoms with Crippen LogP contribution in [0.25, 0.3) is 11.1 Å². The molecule has 3 heteroatoms. The highest BCUT2D eigenvalue weighted by Gasteiger charge is 2.01. The average Bonchev–Trinajstić information content (AvgIpc) is 2.22. The van der Waals surface area contributed by atoms with Crippen LogP contribution in [0.1, 0.15) is 5.69 Å². The third-order valence-electron chi connectivity index (χ3n) is 2.28.